The van der Waals surface area contributed by atoms with Gasteiger partial charge in [-0.05, 0) is 36.8 Å². The average molecular weight is 261 g/mol. The highest BCUT2D eigenvalue weighted by atomic mass is 35.5. The SMILES string of the molecule is N#Cc1c(Cl)nc(C(F)(F)F)c2c1CCCC2. The highest BCUT2D eigenvalue weighted by molar-refractivity contribution is 6.30. The van der Waals surface area contributed by atoms with E-state index in [0.29, 0.717) is 24.8 Å². The number of hydrogen-bond donors (Lipinski definition) is 0. The second-order valence-corrected chi connectivity index (χ2v) is 4.26. The van der Waals surface area contributed by atoms with Crippen LogP contribution in [0.3, 0.4) is 0 Å². The molecule has 0 fully saturated rings. The molecule has 1 aliphatic carbocycles. The van der Waals surface area contributed by atoms with Crippen molar-refractivity contribution in [3.8, 4) is 6.07 Å². The van der Waals surface area contributed by atoms with Crippen molar-refractivity contribution in [2.75, 3.05) is 0 Å². The van der Waals surface area contributed by atoms with Crippen LogP contribution < -0.4 is 0 Å². The fourth-order valence-corrected chi connectivity index (χ4v) is 2.38. The van der Waals surface area contributed by atoms with Crippen LogP contribution in [0.1, 0.15) is 35.2 Å². The monoisotopic (exact) mass is 260 g/mol. The van der Waals surface area contributed by atoms with E-state index in [9.17, 15) is 13.2 Å². The zero-order chi connectivity index (χ0) is 12.6. The van der Waals surface area contributed by atoms with Crippen molar-refractivity contribution < 1.29 is 13.2 Å². The molecular weight excluding hydrogens is 253 g/mol. The van der Waals surface area contributed by atoms with E-state index in [1.165, 1.54) is 0 Å². The summed E-state index contributed by atoms with van der Waals surface area (Å²) < 4.78 is 38.4. The zero-order valence-corrected chi connectivity index (χ0v) is 9.49. The molecule has 6 heteroatoms. The standard InChI is InChI=1S/C11H8ClF3N2/c12-10-8(5-16)6-3-1-2-4-7(6)9(17-10)11(13,14)15/h1-4H2. The molecule has 0 N–H and O–H groups in total. The summed E-state index contributed by atoms with van der Waals surface area (Å²) in [7, 11) is 0. The van der Waals surface area contributed by atoms with Crippen LogP contribution >= 0.6 is 11.6 Å². The highest BCUT2D eigenvalue weighted by Crippen LogP contribution is 2.38. The van der Waals surface area contributed by atoms with Gasteiger partial charge in [-0.2, -0.15) is 18.4 Å². The minimum atomic E-state index is -4.51. The molecule has 0 unspecified atom stereocenters. The fraction of sp³-hybridized carbons (Fsp3) is 0.455. The molecule has 0 atom stereocenters. The lowest BCUT2D eigenvalue weighted by Gasteiger charge is -2.21. The summed E-state index contributed by atoms with van der Waals surface area (Å²) in [4.78, 5) is 3.35. The summed E-state index contributed by atoms with van der Waals surface area (Å²) in [6.45, 7) is 0. The molecule has 0 saturated heterocycles. The van der Waals surface area contributed by atoms with E-state index >= 15 is 0 Å². The van der Waals surface area contributed by atoms with Gasteiger partial charge in [0.15, 0.2) is 0 Å². The Morgan fingerprint density at radius 1 is 1.18 bits per heavy atom. The summed E-state index contributed by atoms with van der Waals surface area (Å²) in [6.07, 6.45) is -2.28. The van der Waals surface area contributed by atoms with Gasteiger partial charge in [0.05, 0.1) is 5.56 Å². The van der Waals surface area contributed by atoms with E-state index in [0.717, 1.165) is 6.42 Å². The Morgan fingerprint density at radius 2 is 1.76 bits per heavy atom. The molecular formula is C11H8ClF3N2. The minimum absolute atomic E-state index is 0.0920. The second-order valence-electron chi connectivity index (χ2n) is 3.90. The molecule has 1 heterocycles. The van der Waals surface area contributed by atoms with Gasteiger partial charge in [0.2, 0.25) is 0 Å². The first-order chi connectivity index (χ1) is 7.95. The minimum Gasteiger partial charge on any atom is -0.230 e. The molecule has 0 aromatic carbocycles. The average Bonchev–Trinajstić information content (AvgIpc) is 2.27. The van der Waals surface area contributed by atoms with Crippen LogP contribution in [0.4, 0.5) is 13.2 Å². The lowest BCUT2D eigenvalue weighted by atomic mass is 9.88. The number of aromatic nitrogens is 1. The number of fused-ring (bicyclic) bond motifs is 1. The summed E-state index contributed by atoms with van der Waals surface area (Å²) in [5.74, 6) is 0. The summed E-state index contributed by atoms with van der Waals surface area (Å²) in [5, 5.41) is 8.57. The summed E-state index contributed by atoms with van der Waals surface area (Å²) >= 11 is 5.64. The van der Waals surface area contributed by atoms with E-state index in [2.05, 4.69) is 4.98 Å². The topological polar surface area (TPSA) is 36.7 Å². The predicted molar refractivity (Wildman–Crippen MR) is 55.6 cm³/mol. The van der Waals surface area contributed by atoms with Crippen LogP contribution in [-0.4, -0.2) is 4.98 Å². The maximum atomic E-state index is 12.8. The summed E-state index contributed by atoms with van der Waals surface area (Å²) in [5.41, 5.74) is -0.277. The Kier molecular flexibility index (Phi) is 3.00. The van der Waals surface area contributed by atoms with Gasteiger partial charge in [0.1, 0.15) is 16.9 Å². The predicted octanol–water partition coefficient (Wildman–Crippen LogP) is 3.50. The first kappa shape index (κ1) is 12.2. The maximum Gasteiger partial charge on any atom is 0.433 e. The molecule has 0 spiro atoms. The van der Waals surface area contributed by atoms with Crippen molar-refractivity contribution in [1.29, 1.82) is 5.26 Å². The molecule has 90 valence electrons. The number of alkyl halides is 3. The lowest BCUT2D eigenvalue weighted by molar-refractivity contribution is -0.141. The molecule has 2 nitrogen and oxygen atoms in total. The Labute approximate surface area is 101 Å². The zero-order valence-electron chi connectivity index (χ0n) is 8.73. The van der Waals surface area contributed by atoms with Crippen LogP contribution in [0.15, 0.2) is 0 Å². The van der Waals surface area contributed by atoms with Gasteiger partial charge in [0.25, 0.3) is 0 Å². The number of rotatable bonds is 0. The van der Waals surface area contributed by atoms with Gasteiger partial charge < -0.3 is 0 Å². The number of hydrogen-bond acceptors (Lipinski definition) is 2. The van der Waals surface area contributed by atoms with Gasteiger partial charge in [-0.1, -0.05) is 11.6 Å². The Hall–Kier alpha value is -1.28. The fourth-order valence-electron chi connectivity index (χ4n) is 2.14. The molecule has 0 radical (unpaired) electrons. The second kappa shape index (κ2) is 4.19. The van der Waals surface area contributed by atoms with Gasteiger partial charge in [-0.25, -0.2) is 4.98 Å². The third-order valence-electron chi connectivity index (χ3n) is 2.85. The first-order valence-electron chi connectivity index (χ1n) is 5.13. The Bertz CT molecular complexity index is 503. The number of nitriles is 1. The van der Waals surface area contributed by atoms with Crippen molar-refractivity contribution in [2.45, 2.75) is 31.9 Å². The molecule has 0 bridgehead atoms. The Morgan fingerprint density at radius 3 is 2.29 bits per heavy atom. The maximum absolute atomic E-state index is 12.8. The van der Waals surface area contributed by atoms with Crippen molar-refractivity contribution in [3.05, 3.63) is 27.5 Å². The molecule has 0 aliphatic heterocycles. The quantitative estimate of drug-likeness (QED) is 0.670. The van der Waals surface area contributed by atoms with E-state index in [1.54, 1.807) is 0 Å². The van der Waals surface area contributed by atoms with E-state index in [1.807, 2.05) is 6.07 Å². The molecule has 1 aromatic heterocycles. The van der Waals surface area contributed by atoms with Crippen LogP contribution in [0.25, 0.3) is 0 Å². The third kappa shape index (κ3) is 2.09. The van der Waals surface area contributed by atoms with Crippen molar-refractivity contribution in [1.82, 2.24) is 4.98 Å². The normalized spacial score (nSPS) is 15.2. The van der Waals surface area contributed by atoms with Gasteiger partial charge >= 0.3 is 6.18 Å². The molecule has 0 saturated carbocycles. The van der Waals surface area contributed by atoms with Crippen molar-refractivity contribution >= 4 is 11.6 Å². The van der Waals surface area contributed by atoms with Gasteiger partial charge in [0, 0.05) is 0 Å². The number of nitrogens with zero attached hydrogens (tertiary/aromatic N) is 2. The van der Waals surface area contributed by atoms with Crippen molar-refractivity contribution in [2.24, 2.45) is 0 Å². The third-order valence-corrected chi connectivity index (χ3v) is 3.13. The van der Waals surface area contributed by atoms with Gasteiger partial charge in [-0.15, -0.1) is 0 Å². The summed E-state index contributed by atoms with van der Waals surface area (Å²) in [6, 6.07) is 1.84. The smallest absolute Gasteiger partial charge is 0.230 e. The van der Waals surface area contributed by atoms with Crippen LogP contribution in [-0.2, 0) is 19.0 Å². The van der Waals surface area contributed by atoms with Crippen LogP contribution in [0, 0.1) is 11.3 Å². The number of pyridine rings is 1. The molecule has 0 amide bonds. The van der Waals surface area contributed by atoms with E-state index < -0.39 is 11.9 Å². The van der Waals surface area contributed by atoms with E-state index in [4.69, 9.17) is 16.9 Å². The molecule has 17 heavy (non-hydrogen) atoms. The lowest BCUT2D eigenvalue weighted by Crippen LogP contribution is -2.18. The molecule has 2 rings (SSSR count). The van der Waals surface area contributed by atoms with Crippen LogP contribution in [0.2, 0.25) is 5.15 Å². The van der Waals surface area contributed by atoms with Crippen LogP contribution in [0.5, 0.6) is 0 Å². The largest absolute Gasteiger partial charge is 0.433 e. The van der Waals surface area contributed by atoms with E-state index in [-0.39, 0.29) is 16.3 Å². The molecule has 1 aliphatic rings. The molecule has 1 aromatic rings. The number of halogens is 4. The highest BCUT2D eigenvalue weighted by Gasteiger charge is 2.38. The Balaban J connectivity index is 2.72. The first-order valence-corrected chi connectivity index (χ1v) is 5.51. The van der Waals surface area contributed by atoms with Gasteiger partial charge in [-0.3, -0.25) is 0 Å². The van der Waals surface area contributed by atoms with Crippen molar-refractivity contribution in [3.63, 3.8) is 0 Å².